The Bertz CT molecular complexity index is 1470. The summed E-state index contributed by atoms with van der Waals surface area (Å²) in [7, 11) is -2.10. The second-order valence-electron chi connectivity index (χ2n) is 7.91. The van der Waals surface area contributed by atoms with Gasteiger partial charge in [0, 0.05) is 29.1 Å². The topological polar surface area (TPSA) is 78.3 Å². The van der Waals surface area contributed by atoms with Crippen molar-refractivity contribution < 1.29 is 17.9 Å². The lowest BCUT2D eigenvalue weighted by Gasteiger charge is -2.08. The van der Waals surface area contributed by atoms with Gasteiger partial charge in [-0.15, -0.1) is 0 Å². The Morgan fingerprint density at radius 2 is 1.71 bits per heavy atom. The van der Waals surface area contributed by atoms with E-state index in [0.717, 1.165) is 34.3 Å². The maximum Gasteiger partial charge on any atom is 0.185 e. The number of ether oxygens (including phenoxy) is 1. The molecule has 1 heterocycles. The molecule has 0 atom stereocenters. The number of hydrogen-bond acceptors (Lipinski definition) is 5. The van der Waals surface area contributed by atoms with Gasteiger partial charge >= 0.3 is 0 Å². The molecule has 1 aromatic heterocycles. The van der Waals surface area contributed by atoms with Crippen LogP contribution in [0.25, 0.3) is 23.0 Å². The number of carbonyl (C=O) groups is 1. The number of methoxy groups -OCH3 is 1. The van der Waals surface area contributed by atoms with E-state index in [9.17, 15) is 13.2 Å². The van der Waals surface area contributed by atoms with Crippen LogP contribution < -0.4 is 4.74 Å². The van der Waals surface area contributed by atoms with Crippen molar-refractivity contribution in [1.29, 1.82) is 0 Å². The molecule has 4 aromatic rings. The molecule has 0 aliphatic heterocycles. The fourth-order valence-electron chi connectivity index (χ4n) is 3.55. The first-order valence-electron chi connectivity index (χ1n) is 10.6. The zero-order valence-electron chi connectivity index (χ0n) is 19.1. The number of sulfone groups is 1. The van der Waals surface area contributed by atoms with Crippen LogP contribution in [0.4, 0.5) is 0 Å². The van der Waals surface area contributed by atoms with Crippen LogP contribution in [0.15, 0.2) is 90.0 Å². The third-order valence-electron chi connectivity index (χ3n) is 5.35. The quantitative estimate of drug-likeness (QED) is 0.274. The second kappa shape index (κ2) is 9.49. The average Bonchev–Trinajstić information content (AvgIpc) is 3.27. The molecule has 6 nitrogen and oxygen atoms in total. The molecular formula is C27H24N2O4S. The second-order valence-corrected chi connectivity index (χ2v) is 9.90. The first-order valence-corrected chi connectivity index (χ1v) is 12.5. The highest BCUT2D eigenvalue weighted by molar-refractivity contribution is 7.90. The monoisotopic (exact) mass is 472 g/mol. The van der Waals surface area contributed by atoms with Gasteiger partial charge in [0.05, 0.1) is 18.5 Å². The molecule has 0 amide bonds. The standard InChI is InChI=1S/C27H24N2O4S/c1-19-9-11-20(12-10-19)27-22(18-29(28-27)23-7-5-4-6-8-23)13-15-24(30)21-14-16-26(34(3,31)32)25(17-21)33-2/h4-18H,1-3H3/b15-13+. The van der Waals surface area contributed by atoms with Gasteiger partial charge in [0.15, 0.2) is 15.6 Å². The van der Waals surface area contributed by atoms with Gasteiger partial charge in [-0.3, -0.25) is 4.79 Å². The maximum atomic E-state index is 12.9. The number of nitrogens with zero attached hydrogens (tertiary/aromatic N) is 2. The Labute approximate surface area is 199 Å². The fraction of sp³-hybridized carbons (Fsp3) is 0.111. The molecule has 0 spiro atoms. The lowest BCUT2D eigenvalue weighted by atomic mass is 10.0. The highest BCUT2D eigenvalue weighted by Crippen LogP contribution is 2.27. The first-order chi connectivity index (χ1) is 16.3. The number of para-hydroxylation sites is 1. The summed E-state index contributed by atoms with van der Waals surface area (Å²) in [5, 5.41) is 4.76. The molecule has 0 N–H and O–H groups in total. The smallest absolute Gasteiger partial charge is 0.185 e. The third-order valence-corrected chi connectivity index (χ3v) is 6.49. The van der Waals surface area contributed by atoms with Crippen LogP contribution in [0.1, 0.15) is 21.5 Å². The van der Waals surface area contributed by atoms with Gasteiger partial charge in [-0.1, -0.05) is 48.0 Å². The molecule has 172 valence electrons. The van der Waals surface area contributed by atoms with Crippen LogP contribution in [0.3, 0.4) is 0 Å². The number of hydrogen-bond donors (Lipinski definition) is 0. The van der Waals surface area contributed by atoms with Crippen molar-refractivity contribution in [3.63, 3.8) is 0 Å². The normalized spacial score (nSPS) is 11.6. The van der Waals surface area contributed by atoms with Crippen LogP contribution in [-0.4, -0.2) is 37.3 Å². The number of benzene rings is 3. The van der Waals surface area contributed by atoms with Crippen LogP contribution in [0.2, 0.25) is 0 Å². The SMILES string of the molecule is COc1cc(C(=O)/C=C/c2cn(-c3ccccc3)nc2-c2ccc(C)cc2)ccc1S(C)(=O)=O. The van der Waals surface area contributed by atoms with Gasteiger partial charge in [0.25, 0.3) is 0 Å². The summed E-state index contributed by atoms with van der Waals surface area (Å²) in [6.07, 6.45) is 6.16. The Kier molecular flexibility index (Phi) is 6.47. The molecule has 0 bridgehead atoms. The largest absolute Gasteiger partial charge is 0.495 e. The summed E-state index contributed by atoms with van der Waals surface area (Å²) in [5.41, 5.74) is 4.84. The number of ketones is 1. The Morgan fingerprint density at radius 3 is 2.35 bits per heavy atom. The van der Waals surface area contributed by atoms with Crippen molar-refractivity contribution in [2.24, 2.45) is 0 Å². The van der Waals surface area contributed by atoms with E-state index in [-0.39, 0.29) is 16.4 Å². The van der Waals surface area contributed by atoms with Crippen LogP contribution in [0.5, 0.6) is 5.75 Å². The molecule has 0 saturated heterocycles. The summed E-state index contributed by atoms with van der Waals surface area (Å²) in [4.78, 5) is 12.9. The molecule has 0 saturated carbocycles. The van der Waals surface area contributed by atoms with E-state index in [0.29, 0.717) is 5.56 Å². The van der Waals surface area contributed by atoms with E-state index in [1.54, 1.807) is 10.8 Å². The fourth-order valence-corrected chi connectivity index (χ4v) is 4.37. The molecule has 4 rings (SSSR count). The first kappa shape index (κ1) is 23.2. The van der Waals surface area contributed by atoms with Crippen LogP contribution >= 0.6 is 0 Å². The summed E-state index contributed by atoms with van der Waals surface area (Å²) < 4.78 is 30.8. The molecule has 0 unspecified atom stereocenters. The molecular weight excluding hydrogens is 448 g/mol. The van der Waals surface area contributed by atoms with Crippen molar-refractivity contribution in [3.8, 4) is 22.7 Å². The van der Waals surface area contributed by atoms with Crippen molar-refractivity contribution in [3.05, 3.63) is 102 Å². The van der Waals surface area contributed by atoms with Crippen molar-refractivity contribution in [2.75, 3.05) is 13.4 Å². The van der Waals surface area contributed by atoms with E-state index in [2.05, 4.69) is 0 Å². The Balaban J connectivity index is 1.71. The molecule has 0 radical (unpaired) electrons. The number of aromatic nitrogens is 2. The average molecular weight is 473 g/mol. The Hall–Kier alpha value is -3.97. The zero-order chi connectivity index (χ0) is 24.3. The van der Waals surface area contributed by atoms with Crippen LogP contribution in [-0.2, 0) is 9.84 Å². The predicted octanol–water partition coefficient (Wildman–Crippen LogP) is 5.16. The summed E-state index contributed by atoms with van der Waals surface area (Å²) in [5.74, 6) is -0.139. The third kappa shape index (κ3) is 5.00. The molecule has 7 heteroatoms. The van der Waals surface area contributed by atoms with Crippen molar-refractivity contribution in [1.82, 2.24) is 9.78 Å². The van der Waals surface area contributed by atoms with Gasteiger partial charge in [-0.25, -0.2) is 13.1 Å². The lowest BCUT2D eigenvalue weighted by molar-refractivity contribution is 0.104. The number of carbonyl (C=O) groups excluding carboxylic acids is 1. The Morgan fingerprint density at radius 1 is 1.00 bits per heavy atom. The summed E-state index contributed by atoms with van der Waals surface area (Å²) in [6.45, 7) is 2.02. The van der Waals surface area contributed by atoms with E-state index in [1.807, 2.05) is 67.7 Å². The lowest BCUT2D eigenvalue weighted by Crippen LogP contribution is -2.03. The van der Waals surface area contributed by atoms with Gasteiger partial charge in [-0.05, 0) is 49.4 Å². The minimum Gasteiger partial charge on any atom is -0.495 e. The highest BCUT2D eigenvalue weighted by atomic mass is 32.2. The summed E-state index contributed by atoms with van der Waals surface area (Å²) in [6, 6.07) is 22.1. The van der Waals surface area contributed by atoms with E-state index in [4.69, 9.17) is 9.84 Å². The minimum atomic E-state index is -3.47. The number of rotatable bonds is 7. The van der Waals surface area contributed by atoms with Crippen molar-refractivity contribution >= 4 is 21.7 Å². The van der Waals surface area contributed by atoms with Gasteiger partial charge in [-0.2, -0.15) is 5.10 Å². The van der Waals surface area contributed by atoms with Gasteiger partial charge in [0.2, 0.25) is 0 Å². The van der Waals surface area contributed by atoms with Gasteiger partial charge in [0.1, 0.15) is 10.6 Å². The van der Waals surface area contributed by atoms with E-state index >= 15 is 0 Å². The zero-order valence-corrected chi connectivity index (χ0v) is 19.9. The predicted molar refractivity (Wildman–Crippen MR) is 133 cm³/mol. The number of aryl methyl sites for hydroxylation is 1. The minimum absolute atomic E-state index is 0.0429. The van der Waals surface area contributed by atoms with Crippen molar-refractivity contribution in [2.45, 2.75) is 11.8 Å². The maximum absolute atomic E-state index is 12.9. The molecule has 0 aliphatic carbocycles. The molecule has 3 aromatic carbocycles. The van der Waals surface area contributed by atoms with E-state index < -0.39 is 9.84 Å². The number of allylic oxidation sites excluding steroid dienone is 1. The molecule has 0 fully saturated rings. The summed E-state index contributed by atoms with van der Waals surface area (Å²) >= 11 is 0. The molecule has 0 aliphatic rings. The van der Waals surface area contributed by atoms with E-state index in [1.165, 1.54) is 31.4 Å². The molecule has 34 heavy (non-hydrogen) atoms. The van der Waals surface area contributed by atoms with Crippen LogP contribution in [0, 0.1) is 6.92 Å². The van der Waals surface area contributed by atoms with Gasteiger partial charge < -0.3 is 4.74 Å². The highest BCUT2D eigenvalue weighted by Gasteiger charge is 2.16.